The lowest BCUT2D eigenvalue weighted by Gasteiger charge is -2.30. The average Bonchev–Trinajstić information content (AvgIpc) is 3.16. The molecule has 1 aliphatic carbocycles. The van der Waals surface area contributed by atoms with Crippen LogP contribution in [0.5, 0.6) is 0 Å². The summed E-state index contributed by atoms with van der Waals surface area (Å²) in [7, 11) is 0. The summed E-state index contributed by atoms with van der Waals surface area (Å²) in [4.78, 5) is 5.00. The molecule has 1 saturated carbocycles. The van der Waals surface area contributed by atoms with Gasteiger partial charge in [-0.2, -0.15) is 10.1 Å². The van der Waals surface area contributed by atoms with Crippen LogP contribution in [0.1, 0.15) is 71.0 Å². The number of nitrogens with two attached hydrogens (primary N) is 2. The Morgan fingerprint density at radius 3 is 2.29 bits per heavy atom. The van der Waals surface area contributed by atoms with Crippen LogP contribution in [0.25, 0.3) is 11.4 Å². The zero-order valence-corrected chi connectivity index (χ0v) is 18.9. The molecule has 2 heterocycles. The van der Waals surface area contributed by atoms with Crippen molar-refractivity contribution < 1.29 is 0 Å². The number of rotatable bonds is 6. The highest BCUT2D eigenvalue weighted by Gasteiger charge is 2.29. The van der Waals surface area contributed by atoms with Gasteiger partial charge in [-0.15, -0.1) is 5.10 Å². The molecule has 1 fully saturated rings. The third-order valence-corrected chi connectivity index (χ3v) is 5.98. The number of fused-ring (bicyclic) bond motifs is 1. The summed E-state index contributed by atoms with van der Waals surface area (Å²) in [6, 6.07) is 8.51. The standard InChI is InChI=1S/C23H34N8/c1-13(2)19-21-20(30-29-19)22(26-17-9-5-15(24)6-10-17)28-23(31(21)14(3)4)27-18-11-7-16(25)8-12-18/h5-6,9-10,13-14,16,18,26H,7-8,11-12,24-25H2,1-4H3,(H,27,28). The first-order chi connectivity index (χ1) is 14.8. The molecule has 166 valence electrons. The van der Waals surface area contributed by atoms with Crippen LogP contribution in [-0.2, 0) is 0 Å². The van der Waals surface area contributed by atoms with E-state index in [2.05, 4.69) is 53.1 Å². The monoisotopic (exact) mass is 422 g/mol. The molecule has 0 saturated heterocycles. The molecule has 31 heavy (non-hydrogen) atoms. The summed E-state index contributed by atoms with van der Waals surface area (Å²) in [5.74, 6) is 1.80. The number of aromatic nitrogens is 4. The Hall–Kier alpha value is -2.87. The van der Waals surface area contributed by atoms with E-state index in [1.54, 1.807) is 0 Å². The van der Waals surface area contributed by atoms with Gasteiger partial charge in [-0.3, -0.25) is 0 Å². The van der Waals surface area contributed by atoms with Crippen molar-refractivity contribution in [2.24, 2.45) is 5.73 Å². The van der Waals surface area contributed by atoms with Gasteiger partial charge in [-0.25, -0.2) is 0 Å². The molecule has 0 unspecified atom stereocenters. The van der Waals surface area contributed by atoms with E-state index in [0.717, 1.165) is 60.1 Å². The first-order valence-electron chi connectivity index (χ1n) is 11.3. The third-order valence-electron chi connectivity index (χ3n) is 5.98. The Morgan fingerprint density at radius 2 is 1.68 bits per heavy atom. The largest absolute Gasteiger partial charge is 0.399 e. The van der Waals surface area contributed by atoms with Crippen LogP contribution in [-0.4, -0.2) is 31.8 Å². The van der Waals surface area contributed by atoms with Gasteiger partial charge in [-0.1, -0.05) is 13.8 Å². The van der Waals surface area contributed by atoms with Crippen molar-refractivity contribution in [3.63, 3.8) is 0 Å². The zero-order chi connectivity index (χ0) is 22.1. The molecule has 6 N–H and O–H groups in total. The van der Waals surface area contributed by atoms with Crippen molar-refractivity contribution in [3.05, 3.63) is 30.0 Å². The maximum atomic E-state index is 6.12. The minimum absolute atomic E-state index is 0.206. The van der Waals surface area contributed by atoms with Crippen molar-refractivity contribution in [2.45, 2.75) is 77.4 Å². The molecule has 2 aliphatic heterocycles. The molecule has 3 aliphatic rings. The van der Waals surface area contributed by atoms with Gasteiger partial charge in [0.1, 0.15) is 0 Å². The first-order valence-corrected chi connectivity index (χ1v) is 11.3. The van der Waals surface area contributed by atoms with E-state index in [1.807, 2.05) is 24.3 Å². The lowest BCUT2D eigenvalue weighted by molar-refractivity contribution is 0.407. The number of anilines is 4. The maximum Gasteiger partial charge on any atom is 0.205 e. The fourth-order valence-electron chi connectivity index (χ4n) is 4.27. The van der Waals surface area contributed by atoms with Crippen molar-refractivity contribution in [3.8, 4) is 11.4 Å². The Labute approximate surface area is 184 Å². The second-order valence-electron chi connectivity index (χ2n) is 9.19. The number of hydrogen-bond acceptors (Lipinski definition) is 7. The van der Waals surface area contributed by atoms with Crippen molar-refractivity contribution in [1.82, 2.24) is 19.7 Å². The fraction of sp³-hybridized carbons (Fsp3) is 0.522. The molecule has 4 rings (SSSR count). The average molecular weight is 423 g/mol. The van der Waals surface area contributed by atoms with Gasteiger partial charge in [-0.05, 0) is 69.7 Å². The fourth-order valence-corrected chi connectivity index (χ4v) is 4.27. The maximum absolute atomic E-state index is 6.12. The van der Waals surface area contributed by atoms with Crippen LogP contribution in [0.4, 0.5) is 23.1 Å². The van der Waals surface area contributed by atoms with Crippen LogP contribution in [0.15, 0.2) is 24.3 Å². The molecule has 1 aromatic carbocycles. The second-order valence-corrected chi connectivity index (χ2v) is 9.19. The molecular weight excluding hydrogens is 388 g/mol. The van der Waals surface area contributed by atoms with Crippen LogP contribution < -0.4 is 22.1 Å². The van der Waals surface area contributed by atoms with Gasteiger partial charge >= 0.3 is 0 Å². The van der Waals surface area contributed by atoms with Crippen LogP contribution in [0.3, 0.4) is 0 Å². The molecule has 0 bridgehead atoms. The summed E-state index contributed by atoms with van der Waals surface area (Å²) in [5, 5.41) is 16.2. The Kier molecular flexibility index (Phi) is 6.00. The SMILES string of the molecule is CC(C)c1nnc2c(Nc3ccc(N)cc3)nc(NC3CCC(N)CC3)n(C(C)C)c1-2. The number of hydrogen-bond donors (Lipinski definition) is 4. The number of nitrogens with zero attached hydrogens (tertiary/aromatic N) is 4. The van der Waals surface area contributed by atoms with E-state index >= 15 is 0 Å². The van der Waals surface area contributed by atoms with Gasteiger partial charge in [0.05, 0.1) is 11.4 Å². The Morgan fingerprint density at radius 1 is 1.00 bits per heavy atom. The molecule has 0 radical (unpaired) electrons. The summed E-state index contributed by atoms with van der Waals surface area (Å²) >= 11 is 0. The zero-order valence-electron chi connectivity index (χ0n) is 18.9. The highest BCUT2D eigenvalue weighted by Crippen LogP contribution is 2.39. The minimum atomic E-state index is 0.206. The summed E-state index contributed by atoms with van der Waals surface area (Å²) < 4.78 is 2.24. The molecule has 8 heteroatoms. The predicted octanol–water partition coefficient (Wildman–Crippen LogP) is 4.49. The lowest BCUT2D eigenvalue weighted by atomic mass is 9.92. The molecule has 8 nitrogen and oxygen atoms in total. The number of nitrogens with one attached hydrogen (secondary N) is 2. The third kappa shape index (κ3) is 4.44. The molecule has 1 aromatic rings. The predicted molar refractivity (Wildman–Crippen MR) is 127 cm³/mol. The molecule has 0 amide bonds. The smallest absolute Gasteiger partial charge is 0.205 e. The van der Waals surface area contributed by atoms with Gasteiger partial charge in [0.2, 0.25) is 5.95 Å². The highest BCUT2D eigenvalue weighted by molar-refractivity contribution is 5.78. The van der Waals surface area contributed by atoms with E-state index in [1.165, 1.54) is 0 Å². The van der Waals surface area contributed by atoms with E-state index in [9.17, 15) is 0 Å². The molecule has 0 atom stereocenters. The molecular formula is C23H34N8. The van der Waals surface area contributed by atoms with Crippen molar-refractivity contribution in [2.75, 3.05) is 16.4 Å². The summed E-state index contributed by atoms with van der Waals surface area (Å²) in [6.45, 7) is 8.65. The van der Waals surface area contributed by atoms with Gasteiger partial charge in [0.25, 0.3) is 0 Å². The van der Waals surface area contributed by atoms with E-state index in [-0.39, 0.29) is 12.0 Å². The first kappa shape index (κ1) is 21.4. The van der Waals surface area contributed by atoms with Crippen LogP contribution in [0, 0.1) is 0 Å². The van der Waals surface area contributed by atoms with E-state index in [0.29, 0.717) is 17.9 Å². The molecule has 0 aromatic heterocycles. The topological polar surface area (TPSA) is 120 Å². The Balaban J connectivity index is 1.80. The minimum Gasteiger partial charge on any atom is -0.399 e. The quantitative estimate of drug-likeness (QED) is 0.432. The number of benzene rings is 1. The normalized spacial score (nSPS) is 19.3. The van der Waals surface area contributed by atoms with Crippen molar-refractivity contribution in [1.29, 1.82) is 0 Å². The van der Waals surface area contributed by atoms with Crippen molar-refractivity contribution >= 4 is 23.1 Å². The van der Waals surface area contributed by atoms with E-state index in [4.69, 9.17) is 16.5 Å². The highest BCUT2D eigenvalue weighted by atomic mass is 15.3. The van der Waals surface area contributed by atoms with Gasteiger partial charge in [0.15, 0.2) is 11.5 Å². The van der Waals surface area contributed by atoms with Gasteiger partial charge in [0, 0.05) is 29.5 Å². The summed E-state index contributed by atoms with van der Waals surface area (Å²) in [5.41, 5.74) is 16.4. The van der Waals surface area contributed by atoms with E-state index < -0.39 is 0 Å². The Bertz CT molecular complexity index is 984. The van der Waals surface area contributed by atoms with Crippen LogP contribution in [0.2, 0.25) is 0 Å². The second kappa shape index (κ2) is 8.70. The lowest BCUT2D eigenvalue weighted by Crippen LogP contribution is -2.34. The van der Waals surface area contributed by atoms with Gasteiger partial charge < -0.3 is 26.7 Å². The molecule has 0 spiro atoms. The summed E-state index contributed by atoms with van der Waals surface area (Å²) in [6.07, 6.45) is 4.17. The number of nitrogen functional groups attached to an aromatic ring is 1. The van der Waals surface area contributed by atoms with Crippen LogP contribution >= 0.6 is 0 Å².